The summed E-state index contributed by atoms with van der Waals surface area (Å²) in [6, 6.07) is 7.42. The summed E-state index contributed by atoms with van der Waals surface area (Å²) in [6.07, 6.45) is 0. The molecule has 0 aliphatic carbocycles. The fourth-order valence-electron chi connectivity index (χ4n) is 1.21. The Morgan fingerprint density at radius 1 is 1.27 bits per heavy atom. The van der Waals surface area contributed by atoms with Crippen molar-refractivity contribution in [1.29, 1.82) is 0 Å². The molecule has 0 N–H and O–H groups in total. The average Bonchev–Trinajstić information content (AvgIpc) is 2.67. The van der Waals surface area contributed by atoms with Crippen molar-refractivity contribution >= 4 is 11.6 Å². The maximum absolute atomic E-state index is 6.02. The molecule has 0 fully saturated rings. The molecule has 0 amide bonds. The predicted octanol–water partition coefficient (Wildman–Crippen LogP) is 3.51. The fourth-order valence-corrected chi connectivity index (χ4v) is 1.43. The summed E-state index contributed by atoms with van der Waals surface area (Å²) in [5, 5.41) is 4.51. The summed E-state index contributed by atoms with van der Waals surface area (Å²) in [6.45, 7) is 4.03. The van der Waals surface area contributed by atoms with Crippen LogP contribution in [0.25, 0.3) is 11.5 Å². The molecule has 0 bridgehead atoms. The molecule has 0 unspecified atom stereocenters. The maximum atomic E-state index is 6.02. The second-order valence-electron chi connectivity index (χ2n) is 3.59. The minimum absolute atomic E-state index is 0.255. The summed E-state index contributed by atoms with van der Waals surface area (Å²) in [7, 11) is 0. The molecular formula is C11H11ClN2O. The molecule has 0 saturated heterocycles. The van der Waals surface area contributed by atoms with E-state index in [1.807, 2.05) is 32.0 Å². The van der Waals surface area contributed by atoms with Crippen LogP contribution in [0, 0.1) is 0 Å². The SMILES string of the molecule is CC(C)c1noc(-c2ccccc2Cl)n1. The van der Waals surface area contributed by atoms with Gasteiger partial charge in [0.25, 0.3) is 5.89 Å². The second-order valence-corrected chi connectivity index (χ2v) is 4.00. The molecule has 78 valence electrons. The van der Waals surface area contributed by atoms with Crippen molar-refractivity contribution in [2.75, 3.05) is 0 Å². The van der Waals surface area contributed by atoms with Gasteiger partial charge in [0.2, 0.25) is 0 Å². The Hall–Kier alpha value is -1.35. The van der Waals surface area contributed by atoms with Gasteiger partial charge < -0.3 is 4.52 Å². The van der Waals surface area contributed by atoms with Gasteiger partial charge in [0.1, 0.15) is 0 Å². The van der Waals surface area contributed by atoms with Crippen LogP contribution in [0.15, 0.2) is 28.8 Å². The molecule has 0 atom stereocenters. The van der Waals surface area contributed by atoms with Crippen molar-refractivity contribution in [2.45, 2.75) is 19.8 Å². The molecule has 15 heavy (non-hydrogen) atoms. The van der Waals surface area contributed by atoms with Gasteiger partial charge >= 0.3 is 0 Å². The number of nitrogens with zero attached hydrogens (tertiary/aromatic N) is 2. The van der Waals surface area contributed by atoms with E-state index < -0.39 is 0 Å². The first-order valence-corrected chi connectivity index (χ1v) is 5.15. The monoisotopic (exact) mass is 222 g/mol. The largest absolute Gasteiger partial charge is 0.334 e. The van der Waals surface area contributed by atoms with E-state index in [0.717, 1.165) is 5.56 Å². The lowest BCUT2D eigenvalue weighted by Crippen LogP contribution is -1.89. The van der Waals surface area contributed by atoms with E-state index in [9.17, 15) is 0 Å². The third-order valence-electron chi connectivity index (χ3n) is 2.06. The van der Waals surface area contributed by atoms with Crippen LogP contribution < -0.4 is 0 Å². The van der Waals surface area contributed by atoms with Crippen molar-refractivity contribution in [3.63, 3.8) is 0 Å². The lowest BCUT2D eigenvalue weighted by molar-refractivity contribution is 0.419. The van der Waals surface area contributed by atoms with E-state index in [1.54, 1.807) is 6.07 Å². The molecular weight excluding hydrogens is 212 g/mol. The molecule has 0 aliphatic heterocycles. The van der Waals surface area contributed by atoms with Gasteiger partial charge in [0.05, 0.1) is 10.6 Å². The zero-order valence-electron chi connectivity index (χ0n) is 8.57. The Morgan fingerprint density at radius 2 is 2.00 bits per heavy atom. The summed E-state index contributed by atoms with van der Waals surface area (Å²) in [5.74, 6) is 1.43. The Bertz CT molecular complexity index is 465. The first-order valence-electron chi connectivity index (χ1n) is 4.77. The molecule has 0 spiro atoms. The Balaban J connectivity index is 2.42. The summed E-state index contributed by atoms with van der Waals surface area (Å²) < 4.78 is 5.15. The molecule has 0 radical (unpaired) electrons. The van der Waals surface area contributed by atoms with E-state index in [1.165, 1.54) is 0 Å². The van der Waals surface area contributed by atoms with E-state index >= 15 is 0 Å². The van der Waals surface area contributed by atoms with Crippen LogP contribution in [-0.4, -0.2) is 10.1 Å². The topological polar surface area (TPSA) is 38.9 Å². The van der Waals surface area contributed by atoms with Crippen LogP contribution in [0.5, 0.6) is 0 Å². The molecule has 1 heterocycles. The van der Waals surface area contributed by atoms with Crippen molar-refractivity contribution in [1.82, 2.24) is 10.1 Å². The Kier molecular flexibility index (Phi) is 2.73. The second kappa shape index (κ2) is 4.03. The fraction of sp³-hybridized carbons (Fsp3) is 0.273. The number of hydrogen-bond donors (Lipinski definition) is 0. The van der Waals surface area contributed by atoms with E-state index in [-0.39, 0.29) is 5.92 Å². The first-order chi connectivity index (χ1) is 7.18. The van der Waals surface area contributed by atoms with Gasteiger partial charge in [-0.05, 0) is 12.1 Å². The van der Waals surface area contributed by atoms with Gasteiger partial charge in [-0.3, -0.25) is 0 Å². The number of rotatable bonds is 2. The van der Waals surface area contributed by atoms with Crippen molar-refractivity contribution in [3.8, 4) is 11.5 Å². The van der Waals surface area contributed by atoms with Crippen LogP contribution in [0.1, 0.15) is 25.6 Å². The summed E-state index contributed by atoms with van der Waals surface area (Å²) in [4.78, 5) is 4.28. The third kappa shape index (κ3) is 2.02. The minimum atomic E-state index is 0.255. The molecule has 1 aromatic carbocycles. The average molecular weight is 223 g/mol. The summed E-state index contributed by atoms with van der Waals surface area (Å²) >= 11 is 6.02. The highest BCUT2D eigenvalue weighted by molar-refractivity contribution is 6.33. The highest BCUT2D eigenvalue weighted by Crippen LogP contribution is 2.26. The molecule has 4 heteroatoms. The molecule has 1 aromatic heterocycles. The van der Waals surface area contributed by atoms with E-state index in [4.69, 9.17) is 16.1 Å². The molecule has 0 aliphatic rings. The van der Waals surface area contributed by atoms with Crippen molar-refractivity contribution < 1.29 is 4.52 Å². The van der Waals surface area contributed by atoms with Crippen LogP contribution in [0.3, 0.4) is 0 Å². The van der Waals surface area contributed by atoms with Gasteiger partial charge in [0, 0.05) is 5.92 Å². The highest BCUT2D eigenvalue weighted by atomic mass is 35.5. The number of halogens is 1. The lowest BCUT2D eigenvalue weighted by atomic mass is 10.2. The van der Waals surface area contributed by atoms with Crippen LogP contribution in [0.2, 0.25) is 5.02 Å². The highest BCUT2D eigenvalue weighted by Gasteiger charge is 2.13. The van der Waals surface area contributed by atoms with E-state index in [2.05, 4.69) is 10.1 Å². The Labute approximate surface area is 93.1 Å². The van der Waals surface area contributed by atoms with Crippen LogP contribution >= 0.6 is 11.6 Å². The predicted molar refractivity (Wildman–Crippen MR) is 58.8 cm³/mol. The quantitative estimate of drug-likeness (QED) is 0.781. The summed E-state index contributed by atoms with van der Waals surface area (Å²) in [5.41, 5.74) is 0.776. The lowest BCUT2D eigenvalue weighted by Gasteiger charge is -1.96. The molecule has 2 rings (SSSR count). The zero-order valence-corrected chi connectivity index (χ0v) is 9.32. The van der Waals surface area contributed by atoms with Gasteiger partial charge in [-0.1, -0.05) is 42.7 Å². The standard InChI is InChI=1S/C11H11ClN2O/c1-7(2)10-13-11(15-14-10)8-5-3-4-6-9(8)12/h3-7H,1-2H3. The number of hydrogen-bond acceptors (Lipinski definition) is 3. The molecule has 2 aromatic rings. The van der Waals surface area contributed by atoms with Crippen molar-refractivity contribution in [3.05, 3.63) is 35.1 Å². The van der Waals surface area contributed by atoms with Crippen molar-refractivity contribution in [2.24, 2.45) is 0 Å². The smallest absolute Gasteiger partial charge is 0.259 e. The molecule has 3 nitrogen and oxygen atoms in total. The minimum Gasteiger partial charge on any atom is -0.334 e. The maximum Gasteiger partial charge on any atom is 0.259 e. The zero-order chi connectivity index (χ0) is 10.8. The Morgan fingerprint density at radius 3 is 2.60 bits per heavy atom. The van der Waals surface area contributed by atoms with Gasteiger partial charge in [-0.2, -0.15) is 4.98 Å². The van der Waals surface area contributed by atoms with Gasteiger partial charge in [0.15, 0.2) is 5.82 Å². The van der Waals surface area contributed by atoms with E-state index in [0.29, 0.717) is 16.7 Å². The van der Waals surface area contributed by atoms with Crippen LogP contribution in [-0.2, 0) is 0 Å². The number of aromatic nitrogens is 2. The normalized spacial score (nSPS) is 10.9. The molecule has 0 saturated carbocycles. The van der Waals surface area contributed by atoms with Crippen LogP contribution in [0.4, 0.5) is 0 Å². The first kappa shape index (κ1) is 10.2. The van der Waals surface area contributed by atoms with Gasteiger partial charge in [-0.15, -0.1) is 0 Å². The van der Waals surface area contributed by atoms with Gasteiger partial charge in [-0.25, -0.2) is 0 Å². The third-order valence-corrected chi connectivity index (χ3v) is 2.39. The number of benzene rings is 1.